The molecule has 4 nitrogen and oxygen atoms in total. The first-order chi connectivity index (χ1) is 6.63. The van der Waals surface area contributed by atoms with E-state index in [2.05, 4.69) is 6.58 Å². The minimum absolute atomic E-state index is 0.0592. The van der Waals surface area contributed by atoms with Gasteiger partial charge in [0.1, 0.15) is 0 Å². The molecule has 1 aromatic carbocycles. The first-order valence-corrected chi connectivity index (χ1v) is 4.66. The number of aliphatic hydroxyl groups excluding tert-OH is 1. The standard InChI is InChI=1S/C9H9NO3S/c1-7(6-11)14-9-4-2-8(3-5-9)10(12)13/h2-5,11H,1,6H2. The number of nitro benzene ring substituents is 1. The highest BCUT2D eigenvalue weighted by molar-refractivity contribution is 8.03. The largest absolute Gasteiger partial charge is 0.391 e. The van der Waals surface area contributed by atoms with Crippen molar-refractivity contribution in [1.29, 1.82) is 0 Å². The molecule has 0 aliphatic rings. The van der Waals surface area contributed by atoms with E-state index in [0.29, 0.717) is 4.91 Å². The van der Waals surface area contributed by atoms with Gasteiger partial charge in [0.2, 0.25) is 0 Å². The van der Waals surface area contributed by atoms with Gasteiger partial charge in [-0.3, -0.25) is 10.1 Å². The van der Waals surface area contributed by atoms with E-state index in [1.807, 2.05) is 0 Å². The van der Waals surface area contributed by atoms with E-state index in [0.717, 1.165) is 4.90 Å². The average Bonchev–Trinajstić information content (AvgIpc) is 2.18. The first-order valence-electron chi connectivity index (χ1n) is 3.84. The van der Waals surface area contributed by atoms with Crippen molar-refractivity contribution in [1.82, 2.24) is 0 Å². The zero-order chi connectivity index (χ0) is 10.6. The Morgan fingerprint density at radius 3 is 2.50 bits per heavy atom. The quantitative estimate of drug-likeness (QED) is 0.471. The first kappa shape index (κ1) is 10.7. The Balaban J connectivity index is 2.73. The maximum absolute atomic E-state index is 10.3. The van der Waals surface area contributed by atoms with Crippen LogP contribution in [-0.2, 0) is 0 Å². The molecule has 0 saturated carbocycles. The molecule has 74 valence electrons. The summed E-state index contributed by atoms with van der Waals surface area (Å²) < 4.78 is 0. The molecule has 0 aliphatic carbocycles. The van der Waals surface area contributed by atoms with Gasteiger partial charge in [-0.05, 0) is 12.1 Å². The monoisotopic (exact) mass is 211 g/mol. The number of thioether (sulfide) groups is 1. The highest BCUT2D eigenvalue weighted by Crippen LogP contribution is 2.26. The van der Waals surface area contributed by atoms with E-state index in [9.17, 15) is 10.1 Å². The molecule has 5 heteroatoms. The molecule has 0 bridgehead atoms. The third-order valence-corrected chi connectivity index (χ3v) is 2.41. The second-order valence-electron chi connectivity index (χ2n) is 2.55. The van der Waals surface area contributed by atoms with Crippen molar-refractivity contribution in [2.24, 2.45) is 0 Å². The van der Waals surface area contributed by atoms with Gasteiger partial charge in [-0.2, -0.15) is 0 Å². The summed E-state index contributed by atoms with van der Waals surface area (Å²) in [6, 6.07) is 6.10. The summed E-state index contributed by atoms with van der Waals surface area (Å²) >= 11 is 1.30. The van der Waals surface area contributed by atoms with Crippen LogP contribution in [0.15, 0.2) is 40.6 Å². The van der Waals surface area contributed by atoms with Gasteiger partial charge in [0.15, 0.2) is 0 Å². The highest BCUT2D eigenvalue weighted by atomic mass is 32.2. The Hall–Kier alpha value is -1.33. The van der Waals surface area contributed by atoms with Gasteiger partial charge < -0.3 is 5.11 Å². The number of nitro groups is 1. The minimum atomic E-state index is -0.449. The van der Waals surface area contributed by atoms with Gasteiger partial charge in [-0.1, -0.05) is 18.3 Å². The second kappa shape index (κ2) is 4.78. The van der Waals surface area contributed by atoms with Crippen molar-refractivity contribution >= 4 is 17.4 Å². The molecule has 0 spiro atoms. The molecule has 0 atom stereocenters. The summed E-state index contributed by atoms with van der Waals surface area (Å²) in [6.45, 7) is 3.51. The fraction of sp³-hybridized carbons (Fsp3) is 0.111. The fourth-order valence-electron chi connectivity index (χ4n) is 0.835. The highest BCUT2D eigenvalue weighted by Gasteiger charge is 2.04. The smallest absolute Gasteiger partial charge is 0.269 e. The average molecular weight is 211 g/mol. The molecule has 0 heterocycles. The number of benzene rings is 1. The van der Waals surface area contributed by atoms with E-state index in [-0.39, 0.29) is 12.3 Å². The minimum Gasteiger partial charge on any atom is -0.391 e. The number of nitrogens with zero attached hydrogens (tertiary/aromatic N) is 1. The third kappa shape index (κ3) is 2.86. The molecule has 0 fully saturated rings. The summed E-state index contributed by atoms with van der Waals surface area (Å²) in [4.78, 5) is 11.3. The van der Waals surface area contributed by atoms with Crippen LogP contribution >= 0.6 is 11.8 Å². The van der Waals surface area contributed by atoms with E-state index >= 15 is 0 Å². The molecule has 1 N–H and O–H groups in total. The van der Waals surface area contributed by atoms with Crippen LogP contribution in [0.5, 0.6) is 0 Å². The third-order valence-electron chi connectivity index (χ3n) is 1.49. The lowest BCUT2D eigenvalue weighted by Crippen LogP contribution is -1.87. The second-order valence-corrected chi connectivity index (χ2v) is 3.80. The van der Waals surface area contributed by atoms with Gasteiger partial charge in [0, 0.05) is 21.9 Å². The Kier molecular flexibility index (Phi) is 3.67. The molecule has 1 rings (SSSR count). The Morgan fingerprint density at radius 1 is 1.50 bits per heavy atom. The summed E-state index contributed by atoms with van der Waals surface area (Å²) in [5.41, 5.74) is 0.0592. The van der Waals surface area contributed by atoms with Crippen LogP contribution in [0, 0.1) is 10.1 Å². The van der Waals surface area contributed by atoms with Crippen LogP contribution in [0.25, 0.3) is 0 Å². The summed E-state index contributed by atoms with van der Waals surface area (Å²) in [5.74, 6) is 0. The molecule has 14 heavy (non-hydrogen) atoms. The molecular weight excluding hydrogens is 202 g/mol. The van der Waals surface area contributed by atoms with Gasteiger partial charge in [-0.25, -0.2) is 0 Å². The van der Waals surface area contributed by atoms with Crippen molar-refractivity contribution in [3.05, 3.63) is 45.9 Å². The van der Waals surface area contributed by atoms with Crippen LogP contribution in [-0.4, -0.2) is 16.6 Å². The molecule has 0 radical (unpaired) electrons. The number of rotatable bonds is 4. The predicted molar refractivity (Wildman–Crippen MR) is 55.2 cm³/mol. The molecule has 0 unspecified atom stereocenters. The van der Waals surface area contributed by atoms with E-state index in [4.69, 9.17) is 5.11 Å². The zero-order valence-electron chi connectivity index (χ0n) is 7.34. The topological polar surface area (TPSA) is 63.4 Å². The van der Waals surface area contributed by atoms with Crippen molar-refractivity contribution in [3.8, 4) is 0 Å². The van der Waals surface area contributed by atoms with Crippen LogP contribution in [0.2, 0.25) is 0 Å². The Bertz CT molecular complexity index is 348. The molecule has 0 aromatic heterocycles. The number of hydrogen-bond acceptors (Lipinski definition) is 4. The maximum atomic E-state index is 10.3. The Morgan fingerprint density at radius 2 is 2.07 bits per heavy atom. The van der Waals surface area contributed by atoms with Gasteiger partial charge >= 0.3 is 0 Å². The number of hydrogen-bond donors (Lipinski definition) is 1. The van der Waals surface area contributed by atoms with Crippen molar-refractivity contribution in [2.75, 3.05) is 6.61 Å². The lowest BCUT2D eigenvalue weighted by molar-refractivity contribution is -0.384. The maximum Gasteiger partial charge on any atom is 0.269 e. The van der Waals surface area contributed by atoms with Gasteiger partial charge in [0.05, 0.1) is 11.5 Å². The van der Waals surface area contributed by atoms with Crippen molar-refractivity contribution in [2.45, 2.75) is 4.90 Å². The van der Waals surface area contributed by atoms with Crippen LogP contribution < -0.4 is 0 Å². The Labute approximate surface area is 85.4 Å². The SMILES string of the molecule is C=C(CO)Sc1ccc([N+](=O)[O-])cc1. The number of aliphatic hydroxyl groups is 1. The van der Waals surface area contributed by atoms with Crippen molar-refractivity contribution < 1.29 is 10.0 Å². The molecular formula is C9H9NO3S. The van der Waals surface area contributed by atoms with Crippen LogP contribution in [0.1, 0.15) is 0 Å². The van der Waals surface area contributed by atoms with E-state index in [1.165, 1.54) is 23.9 Å². The normalized spacial score (nSPS) is 9.79. The summed E-state index contributed by atoms with van der Waals surface area (Å²) in [7, 11) is 0. The summed E-state index contributed by atoms with van der Waals surface area (Å²) in [6.07, 6.45) is 0. The zero-order valence-corrected chi connectivity index (χ0v) is 8.16. The molecule has 0 saturated heterocycles. The lowest BCUT2D eigenvalue weighted by Gasteiger charge is -2.00. The molecule has 0 amide bonds. The molecule has 0 aliphatic heterocycles. The van der Waals surface area contributed by atoms with Crippen LogP contribution in [0.3, 0.4) is 0 Å². The molecule has 1 aromatic rings. The lowest BCUT2D eigenvalue weighted by atomic mass is 10.3. The fourth-order valence-corrected chi connectivity index (χ4v) is 1.50. The van der Waals surface area contributed by atoms with Crippen LogP contribution in [0.4, 0.5) is 5.69 Å². The van der Waals surface area contributed by atoms with Gasteiger partial charge in [0.25, 0.3) is 5.69 Å². The number of non-ortho nitro benzene ring substituents is 1. The van der Waals surface area contributed by atoms with Crippen molar-refractivity contribution in [3.63, 3.8) is 0 Å². The van der Waals surface area contributed by atoms with E-state index in [1.54, 1.807) is 12.1 Å². The van der Waals surface area contributed by atoms with Gasteiger partial charge in [-0.15, -0.1) is 0 Å². The van der Waals surface area contributed by atoms with E-state index < -0.39 is 4.92 Å². The summed E-state index contributed by atoms with van der Waals surface area (Å²) in [5, 5.41) is 19.0. The predicted octanol–water partition coefficient (Wildman–Crippen LogP) is 2.19.